The van der Waals surface area contributed by atoms with Gasteiger partial charge in [-0.2, -0.15) is 0 Å². The first-order valence-electron chi connectivity index (χ1n) is 4.85. The molecule has 0 heterocycles. The smallest absolute Gasteiger partial charge is 0.335 e. The van der Waals surface area contributed by atoms with Crippen molar-refractivity contribution in [2.24, 2.45) is 0 Å². The quantitative estimate of drug-likeness (QED) is 0.762. The van der Waals surface area contributed by atoms with Gasteiger partial charge in [0, 0.05) is 0 Å². The van der Waals surface area contributed by atoms with E-state index in [1.54, 1.807) is 0 Å². The monoisotopic (exact) mass is 291 g/mol. The Bertz CT molecular complexity index is 612. The SMILES string of the molecule is COC(=O)CS(=O)(=O)Nc1ccc(C(=O)O)cc1F. The number of rotatable bonds is 5. The van der Waals surface area contributed by atoms with Crippen LogP contribution < -0.4 is 4.72 Å². The zero-order valence-electron chi connectivity index (χ0n) is 9.71. The summed E-state index contributed by atoms with van der Waals surface area (Å²) >= 11 is 0. The van der Waals surface area contributed by atoms with Gasteiger partial charge in [0.1, 0.15) is 5.82 Å². The van der Waals surface area contributed by atoms with E-state index in [1.807, 2.05) is 4.72 Å². The van der Waals surface area contributed by atoms with Crippen molar-refractivity contribution in [3.63, 3.8) is 0 Å². The molecule has 1 rings (SSSR count). The number of benzene rings is 1. The first-order chi connectivity index (χ1) is 8.75. The van der Waals surface area contributed by atoms with E-state index in [1.165, 1.54) is 0 Å². The predicted octanol–water partition coefficient (Wildman–Crippen LogP) is 0.439. The molecule has 0 spiro atoms. The summed E-state index contributed by atoms with van der Waals surface area (Å²) < 4.78 is 42.3. The molecule has 19 heavy (non-hydrogen) atoms. The van der Waals surface area contributed by atoms with E-state index in [2.05, 4.69) is 4.74 Å². The van der Waals surface area contributed by atoms with Crippen molar-refractivity contribution in [1.82, 2.24) is 0 Å². The molecule has 1 aromatic rings. The van der Waals surface area contributed by atoms with E-state index >= 15 is 0 Å². The number of aromatic carboxylic acids is 1. The molecule has 0 atom stereocenters. The summed E-state index contributed by atoms with van der Waals surface area (Å²) in [6.07, 6.45) is 0. The number of ether oxygens (including phenoxy) is 1. The standard InChI is InChI=1S/C10H10FNO6S/c1-18-9(13)5-19(16,17)12-8-3-2-6(10(14)15)4-7(8)11/h2-4,12H,5H2,1H3,(H,14,15). The molecule has 7 nitrogen and oxygen atoms in total. The van der Waals surface area contributed by atoms with Gasteiger partial charge in [-0.05, 0) is 18.2 Å². The molecule has 0 amide bonds. The largest absolute Gasteiger partial charge is 0.478 e. The summed E-state index contributed by atoms with van der Waals surface area (Å²) in [5, 5.41) is 8.62. The van der Waals surface area contributed by atoms with Crippen LogP contribution in [0.2, 0.25) is 0 Å². The van der Waals surface area contributed by atoms with Crippen LogP contribution in [-0.4, -0.2) is 38.3 Å². The second-order valence-electron chi connectivity index (χ2n) is 3.44. The highest BCUT2D eigenvalue weighted by Gasteiger charge is 2.19. The molecule has 0 radical (unpaired) electrons. The summed E-state index contributed by atoms with van der Waals surface area (Å²) in [5.74, 6) is -4.38. The highest BCUT2D eigenvalue weighted by molar-refractivity contribution is 7.93. The normalized spacial score (nSPS) is 10.8. The van der Waals surface area contributed by atoms with Gasteiger partial charge in [-0.15, -0.1) is 0 Å². The number of halogens is 1. The molecule has 0 saturated heterocycles. The number of carbonyl (C=O) groups is 2. The summed E-state index contributed by atoms with van der Waals surface area (Å²) in [7, 11) is -3.10. The first-order valence-corrected chi connectivity index (χ1v) is 6.50. The fourth-order valence-corrected chi connectivity index (χ4v) is 2.15. The lowest BCUT2D eigenvalue weighted by atomic mass is 10.2. The van der Waals surface area contributed by atoms with Gasteiger partial charge in [0.25, 0.3) is 0 Å². The van der Waals surface area contributed by atoms with Crippen LogP contribution in [0, 0.1) is 5.82 Å². The van der Waals surface area contributed by atoms with Crippen LogP contribution in [-0.2, 0) is 19.6 Å². The Hall–Kier alpha value is -2.16. The fraction of sp³-hybridized carbons (Fsp3) is 0.200. The second-order valence-corrected chi connectivity index (χ2v) is 5.16. The Morgan fingerprint density at radius 1 is 1.42 bits per heavy atom. The minimum atomic E-state index is -4.11. The number of hydrogen-bond acceptors (Lipinski definition) is 5. The molecule has 0 aromatic heterocycles. The van der Waals surface area contributed by atoms with Crippen LogP contribution in [0.25, 0.3) is 0 Å². The number of esters is 1. The van der Waals surface area contributed by atoms with Crippen molar-refractivity contribution in [2.75, 3.05) is 17.6 Å². The zero-order valence-corrected chi connectivity index (χ0v) is 10.5. The third kappa shape index (κ3) is 4.21. The molecule has 0 saturated carbocycles. The molecular weight excluding hydrogens is 281 g/mol. The van der Waals surface area contributed by atoms with Crippen molar-refractivity contribution < 1.29 is 32.2 Å². The minimum absolute atomic E-state index is 0.326. The first kappa shape index (κ1) is 14.9. The zero-order chi connectivity index (χ0) is 14.6. The van der Waals surface area contributed by atoms with E-state index in [9.17, 15) is 22.4 Å². The summed E-state index contributed by atoms with van der Waals surface area (Å²) in [6, 6.07) is 2.65. The van der Waals surface area contributed by atoms with E-state index in [-0.39, 0.29) is 5.56 Å². The fourth-order valence-electron chi connectivity index (χ4n) is 1.15. The Balaban J connectivity index is 2.94. The summed E-state index contributed by atoms with van der Waals surface area (Å²) in [6.45, 7) is 0. The predicted molar refractivity (Wildman–Crippen MR) is 62.8 cm³/mol. The van der Waals surface area contributed by atoms with Gasteiger partial charge < -0.3 is 9.84 Å². The Kier molecular flexibility index (Phi) is 4.43. The van der Waals surface area contributed by atoms with Crippen LogP contribution >= 0.6 is 0 Å². The van der Waals surface area contributed by atoms with Gasteiger partial charge in [0.05, 0.1) is 18.4 Å². The number of hydrogen-bond donors (Lipinski definition) is 2. The van der Waals surface area contributed by atoms with E-state index < -0.39 is 39.2 Å². The molecule has 9 heteroatoms. The third-order valence-electron chi connectivity index (χ3n) is 2.02. The lowest BCUT2D eigenvalue weighted by molar-refractivity contribution is -0.137. The van der Waals surface area contributed by atoms with Gasteiger partial charge in [-0.25, -0.2) is 17.6 Å². The van der Waals surface area contributed by atoms with Crippen LogP contribution in [0.3, 0.4) is 0 Å². The molecule has 104 valence electrons. The van der Waals surface area contributed by atoms with Crippen LogP contribution in [0.5, 0.6) is 0 Å². The maximum absolute atomic E-state index is 13.5. The molecule has 0 bridgehead atoms. The third-order valence-corrected chi connectivity index (χ3v) is 3.16. The molecule has 0 unspecified atom stereocenters. The van der Waals surface area contributed by atoms with Crippen molar-refractivity contribution >= 4 is 27.6 Å². The van der Waals surface area contributed by atoms with Crippen LogP contribution in [0.1, 0.15) is 10.4 Å². The lowest BCUT2D eigenvalue weighted by Gasteiger charge is -2.08. The second kappa shape index (κ2) is 5.65. The highest BCUT2D eigenvalue weighted by Crippen LogP contribution is 2.17. The number of carbonyl (C=O) groups excluding carboxylic acids is 1. The topological polar surface area (TPSA) is 110 Å². The van der Waals surface area contributed by atoms with Gasteiger partial charge in [0.15, 0.2) is 5.75 Å². The molecule has 0 fully saturated rings. The molecule has 1 aromatic carbocycles. The number of sulfonamides is 1. The average molecular weight is 291 g/mol. The number of carboxylic acids is 1. The minimum Gasteiger partial charge on any atom is -0.478 e. The molecular formula is C10H10FNO6S. The summed E-state index contributed by atoms with van der Waals surface area (Å²) in [5.41, 5.74) is -0.776. The van der Waals surface area contributed by atoms with Crippen molar-refractivity contribution in [3.8, 4) is 0 Å². The number of carboxylic acid groups (broad SMARTS) is 1. The maximum Gasteiger partial charge on any atom is 0.335 e. The van der Waals surface area contributed by atoms with E-state index in [0.717, 1.165) is 19.2 Å². The van der Waals surface area contributed by atoms with Crippen molar-refractivity contribution in [3.05, 3.63) is 29.6 Å². The number of anilines is 1. The van der Waals surface area contributed by atoms with Gasteiger partial charge in [-0.3, -0.25) is 9.52 Å². The van der Waals surface area contributed by atoms with Crippen molar-refractivity contribution in [1.29, 1.82) is 0 Å². The molecule has 0 aliphatic rings. The molecule has 0 aliphatic carbocycles. The molecule has 2 N–H and O–H groups in total. The summed E-state index contributed by atoms with van der Waals surface area (Å²) in [4.78, 5) is 21.4. The van der Waals surface area contributed by atoms with Gasteiger partial charge in [0.2, 0.25) is 10.0 Å². The Morgan fingerprint density at radius 3 is 2.53 bits per heavy atom. The molecule has 0 aliphatic heterocycles. The van der Waals surface area contributed by atoms with Crippen LogP contribution in [0.15, 0.2) is 18.2 Å². The van der Waals surface area contributed by atoms with Crippen molar-refractivity contribution in [2.45, 2.75) is 0 Å². The van der Waals surface area contributed by atoms with E-state index in [4.69, 9.17) is 5.11 Å². The number of methoxy groups -OCH3 is 1. The average Bonchev–Trinajstić information content (AvgIpc) is 2.30. The van der Waals surface area contributed by atoms with Gasteiger partial charge in [-0.1, -0.05) is 0 Å². The number of nitrogens with one attached hydrogen (secondary N) is 1. The van der Waals surface area contributed by atoms with Crippen LogP contribution in [0.4, 0.5) is 10.1 Å². The Morgan fingerprint density at radius 2 is 2.05 bits per heavy atom. The highest BCUT2D eigenvalue weighted by atomic mass is 32.2. The lowest BCUT2D eigenvalue weighted by Crippen LogP contribution is -2.24. The Labute approximate surface area is 108 Å². The maximum atomic E-state index is 13.5. The van der Waals surface area contributed by atoms with Gasteiger partial charge >= 0.3 is 11.9 Å². The van der Waals surface area contributed by atoms with E-state index in [0.29, 0.717) is 6.07 Å².